The van der Waals surface area contributed by atoms with Gasteiger partial charge >= 0.3 is 0 Å². The molecule has 1 fully saturated rings. The Morgan fingerprint density at radius 3 is 1.28 bits per heavy atom. The summed E-state index contributed by atoms with van der Waals surface area (Å²) >= 11 is 28.0. The minimum Gasteiger partial charge on any atom is -0.255 e. The molecule has 1 aliphatic carbocycles. The van der Waals surface area contributed by atoms with Crippen molar-refractivity contribution in [2.75, 3.05) is 69.5 Å². The summed E-state index contributed by atoms with van der Waals surface area (Å²) in [5.74, 6) is 1.95. The van der Waals surface area contributed by atoms with Crippen molar-refractivity contribution in [3.05, 3.63) is 68.9 Å². The summed E-state index contributed by atoms with van der Waals surface area (Å²) in [5, 5.41) is 24.1. The molecule has 1 aliphatic rings. The molecule has 0 spiro atoms. The molecule has 376 valence electrons. The first-order valence-electron chi connectivity index (χ1n) is 20.5. The van der Waals surface area contributed by atoms with Crippen LogP contribution in [-0.4, -0.2) is 131 Å². The Kier molecular flexibility index (Phi) is 68.7. The topological polar surface area (TPSA) is 177 Å². The monoisotopic (exact) mass is 1150 g/mol. The summed E-state index contributed by atoms with van der Waals surface area (Å²) in [6.07, 6.45) is 23.8. The van der Waals surface area contributed by atoms with Crippen LogP contribution in [0.4, 0.5) is 0 Å². The minimum absolute atomic E-state index is 0.440. The molecule has 0 aromatic rings. The molecule has 0 radical (unpaired) electrons. The molecule has 1 rings (SSSR count). The van der Waals surface area contributed by atoms with Crippen molar-refractivity contribution < 1.29 is 25.3 Å². The largest absolute Gasteiger partial charge is 0.255 e. The van der Waals surface area contributed by atoms with Gasteiger partial charge in [0.2, 0.25) is 0 Å². The number of isothiocyanates is 6. The van der Waals surface area contributed by atoms with E-state index in [9.17, 15) is 25.3 Å². The summed E-state index contributed by atoms with van der Waals surface area (Å²) in [4.78, 5) is 22.3. The Morgan fingerprint density at radius 2 is 0.955 bits per heavy atom. The van der Waals surface area contributed by atoms with Crippen molar-refractivity contribution in [3.8, 4) is 0 Å². The maximum atomic E-state index is 11.2. The summed E-state index contributed by atoms with van der Waals surface area (Å²) in [5.41, 5.74) is 0. The molecule has 0 heterocycles. The van der Waals surface area contributed by atoms with Gasteiger partial charge in [0.15, 0.2) is 9.84 Å². The van der Waals surface area contributed by atoms with Crippen LogP contribution in [-0.2, 0) is 53.0 Å². The number of rotatable bonds is 29. The van der Waals surface area contributed by atoms with Crippen molar-refractivity contribution in [1.82, 2.24) is 0 Å². The minimum atomic E-state index is -2.98. The van der Waals surface area contributed by atoms with Gasteiger partial charge in [-0.1, -0.05) is 57.2 Å². The molecule has 12 nitrogen and oxygen atoms in total. The third-order valence-electron chi connectivity index (χ3n) is 6.18. The molecular formula is C43H66N6O6S12. The van der Waals surface area contributed by atoms with E-state index in [1.54, 1.807) is 45.7 Å². The molecule has 0 N–H and O–H groups in total. The van der Waals surface area contributed by atoms with Gasteiger partial charge in [0, 0.05) is 77.9 Å². The van der Waals surface area contributed by atoms with Gasteiger partial charge in [-0.05, 0) is 170 Å². The number of aliphatic imine (C=N–C) groups is 6. The van der Waals surface area contributed by atoms with E-state index in [1.807, 2.05) is 42.9 Å². The van der Waals surface area contributed by atoms with E-state index >= 15 is 0 Å². The van der Waals surface area contributed by atoms with Gasteiger partial charge in [-0.15, -0.1) is 11.8 Å². The summed E-state index contributed by atoms with van der Waals surface area (Å²) < 4.78 is 64.9. The Bertz CT molecular complexity index is 1980. The van der Waals surface area contributed by atoms with Crippen LogP contribution in [0.3, 0.4) is 0 Å². The molecule has 0 saturated heterocycles. The van der Waals surface area contributed by atoms with Crippen molar-refractivity contribution >= 4 is 169 Å². The highest BCUT2D eigenvalue weighted by atomic mass is 32.2. The Morgan fingerprint density at radius 1 is 0.597 bits per heavy atom. The van der Waals surface area contributed by atoms with E-state index in [2.05, 4.69) is 154 Å². The zero-order chi connectivity index (χ0) is 51.7. The second-order valence-electron chi connectivity index (χ2n) is 12.9. The lowest BCUT2D eigenvalue weighted by molar-refractivity contribution is 0.610. The first-order chi connectivity index (χ1) is 32.1. The van der Waals surface area contributed by atoms with Crippen molar-refractivity contribution in [2.24, 2.45) is 35.9 Å². The van der Waals surface area contributed by atoms with Gasteiger partial charge in [0.1, 0.15) is 0 Å². The van der Waals surface area contributed by atoms with Crippen molar-refractivity contribution in [2.45, 2.75) is 83.8 Å². The summed E-state index contributed by atoms with van der Waals surface area (Å²) in [6, 6.07) is 0. The third-order valence-corrected chi connectivity index (χ3v) is 13.1. The lowest BCUT2D eigenvalue weighted by atomic mass is 10.3. The van der Waals surface area contributed by atoms with Crippen LogP contribution < -0.4 is 0 Å². The second kappa shape index (κ2) is 62.2. The van der Waals surface area contributed by atoms with E-state index in [4.69, 9.17) is 0 Å². The number of hydrogen-bond acceptors (Lipinski definition) is 19. The van der Waals surface area contributed by atoms with Gasteiger partial charge in [0.05, 0.1) is 70.2 Å². The van der Waals surface area contributed by atoms with Crippen LogP contribution in [0.2, 0.25) is 0 Å². The zero-order valence-corrected chi connectivity index (χ0v) is 48.9. The molecule has 67 heavy (non-hydrogen) atoms. The normalized spacial score (nSPS) is 13.3. The SMILES string of the molecule is CC(C)CS(=O)/C=C/CCN=C=S.CCCS(=O)/C=C/CCN=C=S.CS(=O)(=O)/C=C/CCN=C=S.CS(=O)/C=C/CCN=C=S.CS/C=C/CCN=C=S.O=S(/C=C/CCN=C=S)C1CC1. The third kappa shape index (κ3) is 84.5. The molecule has 24 heteroatoms. The predicted molar refractivity (Wildman–Crippen MR) is 317 cm³/mol. The van der Waals surface area contributed by atoms with Crippen molar-refractivity contribution in [1.29, 1.82) is 0 Å². The van der Waals surface area contributed by atoms with Gasteiger partial charge in [0.25, 0.3) is 0 Å². The molecule has 0 aromatic carbocycles. The molecule has 1 saturated carbocycles. The lowest BCUT2D eigenvalue weighted by Gasteiger charge is -1.98. The first-order valence-corrected chi connectivity index (χ1v) is 31.8. The maximum absolute atomic E-state index is 11.2. The van der Waals surface area contributed by atoms with E-state index in [0.29, 0.717) is 50.3 Å². The molecule has 0 aliphatic heterocycles. The zero-order valence-electron chi connectivity index (χ0n) is 39.1. The quantitative estimate of drug-likeness (QED) is 0.0393. The van der Waals surface area contributed by atoms with Gasteiger partial charge in [-0.25, -0.2) is 38.4 Å². The number of nitrogens with zero attached hydrogens (tertiary/aromatic N) is 6. The standard InChI is InChI=1S/C9H15NOS2.C8H11NOS2.C8H13NOS2.C6H9NO2S2.C6H9NOS2.C6H9NS2/c1-9(2)7-13(11)6-4-3-5-10-8-12;10-12(8-3-4-8)6-2-1-5-9-7-11;1-2-6-12(10)7-4-3-5-9-8-11;1-11(8,9)5-3-2-4-7-6-10;1-10(8)5-3-2-4-7-6-9;1-9-5-3-2-4-7-6-8/h4,6,9H,3,5,7H2,1-2H3;2,6,8H,1,3-5H2;4,7H,2-3,5-6H2,1H3;3,5H,2,4H2,1H3;3,5H,2,4H2,1H3;3,5H,2,4H2,1H3/b6-4+;6-2+;7-4+;3*5-3+. The highest BCUT2D eigenvalue weighted by Gasteiger charge is 2.26. The fourth-order valence-electron chi connectivity index (χ4n) is 3.30. The molecule has 0 bridgehead atoms. The number of thiocarbonyl (C=S) groups is 6. The van der Waals surface area contributed by atoms with E-state index in [0.717, 1.165) is 81.1 Å². The highest BCUT2D eigenvalue weighted by Crippen LogP contribution is 2.26. The van der Waals surface area contributed by atoms with E-state index in [-0.39, 0.29) is 0 Å². The highest BCUT2D eigenvalue weighted by molar-refractivity contribution is 8.01. The summed E-state index contributed by atoms with van der Waals surface area (Å²) in [6.45, 7) is 9.96. The fourth-order valence-corrected chi connectivity index (χ4v) is 8.22. The van der Waals surface area contributed by atoms with Crippen LogP contribution in [0.1, 0.15) is 78.6 Å². The second-order valence-corrected chi connectivity index (χ2v) is 22.4. The van der Waals surface area contributed by atoms with E-state index < -0.39 is 53.0 Å². The average Bonchev–Trinajstić information content (AvgIpc) is 4.13. The molecular weight excluding hydrogens is 1080 g/mol. The summed E-state index contributed by atoms with van der Waals surface area (Å²) in [7, 11) is -6.17. The molecule has 0 aromatic heterocycles. The predicted octanol–water partition coefficient (Wildman–Crippen LogP) is 11.2. The fraction of sp³-hybridized carbons (Fsp3) is 0.581. The average molecular weight is 1150 g/mol. The Balaban J connectivity index is -0.000000230. The van der Waals surface area contributed by atoms with E-state index in [1.165, 1.54) is 0 Å². The Labute approximate surface area is 448 Å². The first kappa shape index (κ1) is 74.1. The van der Waals surface area contributed by atoms with Gasteiger partial charge < -0.3 is 0 Å². The smallest absolute Gasteiger partial charge is 0.168 e. The number of thioether (sulfide) groups is 1. The number of hydrogen-bond donors (Lipinski definition) is 0. The molecule has 0 amide bonds. The van der Waals surface area contributed by atoms with Crippen LogP contribution >= 0.6 is 85.1 Å². The molecule has 4 atom stereocenters. The van der Waals surface area contributed by atoms with Crippen LogP contribution in [0.25, 0.3) is 0 Å². The van der Waals surface area contributed by atoms with Crippen molar-refractivity contribution in [3.63, 3.8) is 0 Å². The van der Waals surface area contributed by atoms with Crippen LogP contribution in [0, 0.1) is 5.92 Å². The molecule has 4 unspecified atom stereocenters. The Hall–Kier alpha value is -1.86. The lowest BCUT2D eigenvalue weighted by Crippen LogP contribution is -2.00. The maximum Gasteiger partial charge on any atom is 0.168 e. The van der Waals surface area contributed by atoms with Gasteiger partial charge in [-0.2, -0.15) is 0 Å². The van der Waals surface area contributed by atoms with Gasteiger partial charge in [-0.3, -0.25) is 16.8 Å². The number of sulfone groups is 1. The van der Waals surface area contributed by atoms with Crippen LogP contribution in [0.15, 0.2) is 98.9 Å². The van der Waals surface area contributed by atoms with Crippen LogP contribution in [0.5, 0.6) is 0 Å².